The van der Waals surface area contributed by atoms with Crippen molar-refractivity contribution in [1.29, 1.82) is 0 Å². The van der Waals surface area contributed by atoms with Gasteiger partial charge in [0.05, 0.1) is 7.11 Å². The average molecular weight is 503 g/mol. The van der Waals surface area contributed by atoms with E-state index in [1.807, 2.05) is 19.1 Å². The van der Waals surface area contributed by atoms with Gasteiger partial charge in [0.2, 0.25) is 17.7 Å². The predicted molar refractivity (Wildman–Crippen MR) is 146 cm³/mol. The van der Waals surface area contributed by atoms with Gasteiger partial charge in [-0.1, -0.05) is 12.1 Å². The zero-order valence-corrected chi connectivity index (χ0v) is 22.0. The molecule has 194 valence electrons. The van der Waals surface area contributed by atoms with Crippen LogP contribution >= 0.6 is 0 Å². The Balaban J connectivity index is 1.48. The number of carbonyl (C=O) groups excluding carboxylic acids is 2. The highest BCUT2D eigenvalue weighted by atomic mass is 16.5. The molecule has 1 aliphatic rings. The van der Waals surface area contributed by atoms with Crippen LogP contribution in [0.5, 0.6) is 5.88 Å². The molecule has 3 N–H and O–H groups in total. The Kier molecular flexibility index (Phi) is 8.03. The Labute approximate surface area is 217 Å². The Morgan fingerprint density at radius 3 is 2.41 bits per heavy atom. The summed E-state index contributed by atoms with van der Waals surface area (Å²) in [7, 11) is 3.64. The molecule has 1 aromatic heterocycles. The first-order chi connectivity index (χ1) is 17.7. The molecule has 0 unspecified atom stereocenters. The number of benzene rings is 2. The average Bonchev–Trinajstić information content (AvgIpc) is 2.86. The molecule has 0 atom stereocenters. The molecule has 1 aliphatic heterocycles. The SMILES string of the molecule is COc1nc(Nc2ccc(C3CCN(C)CC3)c(C)c2)ncc1C(=O)Nc1cc(NC(C)=O)ccc1C. The molecule has 0 bridgehead atoms. The molecule has 4 rings (SSSR count). The second-order valence-corrected chi connectivity index (χ2v) is 9.56. The fourth-order valence-electron chi connectivity index (χ4n) is 4.63. The summed E-state index contributed by atoms with van der Waals surface area (Å²) in [5, 5.41) is 8.80. The lowest BCUT2D eigenvalue weighted by atomic mass is 9.87. The zero-order valence-electron chi connectivity index (χ0n) is 22.0. The molecule has 0 saturated carbocycles. The van der Waals surface area contributed by atoms with Crippen molar-refractivity contribution < 1.29 is 14.3 Å². The second-order valence-electron chi connectivity index (χ2n) is 9.56. The number of amides is 2. The van der Waals surface area contributed by atoms with Gasteiger partial charge in [0, 0.05) is 30.2 Å². The van der Waals surface area contributed by atoms with Gasteiger partial charge in [-0.25, -0.2) is 4.98 Å². The number of hydrogen-bond acceptors (Lipinski definition) is 7. The number of piperidine rings is 1. The van der Waals surface area contributed by atoms with E-state index in [4.69, 9.17) is 4.74 Å². The van der Waals surface area contributed by atoms with E-state index in [2.05, 4.69) is 56.9 Å². The first-order valence-corrected chi connectivity index (χ1v) is 12.4. The molecular formula is C28H34N6O3. The smallest absolute Gasteiger partial charge is 0.262 e. The third-order valence-electron chi connectivity index (χ3n) is 6.68. The van der Waals surface area contributed by atoms with E-state index in [1.165, 1.54) is 44.2 Å². The monoisotopic (exact) mass is 502 g/mol. The Morgan fingerprint density at radius 2 is 1.73 bits per heavy atom. The number of ether oxygens (including phenoxy) is 1. The molecule has 1 saturated heterocycles. The van der Waals surface area contributed by atoms with Crippen LogP contribution in [0, 0.1) is 13.8 Å². The molecule has 2 amide bonds. The fourth-order valence-corrected chi connectivity index (χ4v) is 4.63. The predicted octanol–water partition coefficient (Wildman–Crippen LogP) is 4.87. The largest absolute Gasteiger partial charge is 0.480 e. The normalized spacial score (nSPS) is 14.2. The van der Waals surface area contributed by atoms with Gasteiger partial charge >= 0.3 is 0 Å². The maximum Gasteiger partial charge on any atom is 0.262 e. The quantitative estimate of drug-likeness (QED) is 0.423. The van der Waals surface area contributed by atoms with Gasteiger partial charge in [-0.05, 0) is 93.7 Å². The van der Waals surface area contributed by atoms with Crippen LogP contribution in [0.2, 0.25) is 0 Å². The summed E-state index contributed by atoms with van der Waals surface area (Å²) in [4.78, 5) is 35.5. The van der Waals surface area contributed by atoms with Gasteiger partial charge in [-0.15, -0.1) is 0 Å². The number of methoxy groups -OCH3 is 1. The van der Waals surface area contributed by atoms with E-state index in [-0.39, 0.29) is 17.4 Å². The molecule has 2 heterocycles. The van der Waals surface area contributed by atoms with Crippen LogP contribution in [0.15, 0.2) is 42.6 Å². The number of aryl methyl sites for hydroxylation is 2. The highest BCUT2D eigenvalue weighted by molar-refractivity contribution is 6.06. The second kappa shape index (κ2) is 11.4. The molecule has 0 spiro atoms. The summed E-state index contributed by atoms with van der Waals surface area (Å²) < 4.78 is 5.41. The standard InChI is InChI=1S/C28H34N6O3/c1-17-6-7-22(30-19(3)35)15-25(17)32-26(36)24-16-29-28(33-27(24)37-5)31-21-8-9-23(18(2)14-21)20-10-12-34(4)13-11-20/h6-9,14-16,20H,10-13H2,1-5H3,(H,30,35)(H,32,36)(H,29,31,33). The number of carbonyl (C=O) groups is 2. The van der Waals surface area contributed by atoms with Crippen molar-refractivity contribution in [2.45, 2.75) is 39.5 Å². The Morgan fingerprint density at radius 1 is 1.00 bits per heavy atom. The first-order valence-electron chi connectivity index (χ1n) is 12.4. The third-order valence-corrected chi connectivity index (χ3v) is 6.68. The maximum atomic E-state index is 13.0. The fraction of sp³-hybridized carbons (Fsp3) is 0.357. The van der Waals surface area contributed by atoms with E-state index >= 15 is 0 Å². The topological polar surface area (TPSA) is 108 Å². The summed E-state index contributed by atoms with van der Waals surface area (Å²) in [6.45, 7) is 7.68. The lowest BCUT2D eigenvalue weighted by molar-refractivity contribution is -0.114. The van der Waals surface area contributed by atoms with Crippen molar-refractivity contribution in [2.75, 3.05) is 43.2 Å². The van der Waals surface area contributed by atoms with Crippen LogP contribution < -0.4 is 20.7 Å². The van der Waals surface area contributed by atoms with Crippen molar-refractivity contribution in [1.82, 2.24) is 14.9 Å². The van der Waals surface area contributed by atoms with Crippen molar-refractivity contribution in [3.8, 4) is 5.88 Å². The van der Waals surface area contributed by atoms with Gasteiger partial charge in [0.1, 0.15) is 5.56 Å². The van der Waals surface area contributed by atoms with Crippen LogP contribution in [-0.4, -0.2) is 53.9 Å². The van der Waals surface area contributed by atoms with Crippen molar-refractivity contribution in [2.24, 2.45) is 0 Å². The van der Waals surface area contributed by atoms with E-state index < -0.39 is 5.91 Å². The summed E-state index contributed by atoms with van der Waals surface area (Å²) in [6, 6.07) is 11.6. The number of hydrogen-bond donors (Lipinski definition) is 3. The zero-order chi connectivity index (χ0) is 26.5. The molecule has 9 heteroatoms. The number of nitrogens with one attached hydrogen (secondary N) is 3. The van der Waals surface area contributed by atoms with Gasteiger partial charge in [0.25, 0.3) is 5.91 Å². The third kappa shape index (κ3) is 6.42. The van der Waals surface area contributed by atoms with Gasteiger partial charge in [-0.2, -0.15) is 4.98 Å². The first kappa shape index (κ1) is 26.1. The number of rotatable bonds is 7. The van der Waals surface area contributed by atoms with Crippen molar-refractivity contribution >= 4 is 34.8 Å². The van der Waals surface area contributed by atoms with Crippen molar-refractivity contribution in [3.05, 3.63) is 64.8 Å². The maximum absolute atomic E-state index is 13.0. The Hall–Kier alpha value is -3.98. The molecule has 0 aliphatic carbocycles. The molecule has 9 nitrogen and oxygen atoms in total. The highest BCUT2D eigenvalue weighted by Crippen LogP contribution is 2.32. The summed E-state index contributed by atoms with van der Waals surface area (Å²) >= 11 is 0. The summed E-state index contributed by atoms with van der Waals surface area (Å²) in [6.07, 6.45) is 3.78. The van der Waals surface area contributed by atoms with Crippen LogP contribution in [0.25, 0.3) is 0 Å². The van der Waals surface area contributed by atoms with E-state index in [0.717, 1.165) is 24.3 Å². The number of anilines is 4. The molecule has 0 radical (unpaired) electrons. The number of aromatic nitrogens is 2. The number of likely N-dealkylation sites (tertiary alicyclic amines) is 1. The molecule has 37 heavy (non-hydrogen) atoms. The minimum absolute atomic E-state index is 0.158. The van der Waals surface area contributed by atoms with E-state index in [0.29, 0.717) is 23.2 Å². The minimum atomic E-state index is -0.412. The molecular weight excluding hydrogens is 468 g/mol. The van der Waals surface area contributed by atoms with Gasteiger partial charge < -0.3 is 25.6 Å². The van der Waals surface area contributed by atoms with E-state index in [1.54, 1.807) is 12.1 Å². The summed E-state index contributed by atoms with van der Waals surface area (Å²) in [5.41, 5.74) is 5.71. The van der Waals surface area contributed by atoms with Gasteiger partial charge in [0.15, 0.2) is 0 Å². The van der Waals surface area contributed by atoms with Crippen LogP contribution in [-0.2, 0) is 4.79 Å². The van der Waals surface area contributed by atoms with Crippen LogP contribution in [0.3, 0.4) is 0 Å². The lowest BCUT2D eigenvalue weighted by Gasteiger charge is -2.30. The van der Waals surface area contributed by atoms with Crippen LogP contribution in [0.1, 0.15) is 52.7 Å². The molecule has 1 fully saturated rings. The lowest BCUT2D eigenvalue weighted by Crippen LogP contribution is -2.29. The number of nitrogens with zero attached hydrogens (tertiary/aromatic N) is 3. The minimum Gasteiger partial charge on any atom is -0.480 e. The summed E-state index contributed by atoms with van der Waals surface area (Å²) in [5.74, 6) is 0.478. The molecule has 2 aromatic carbocycles. The Bertz CT molecular complexity index is 1300. The highest BCUT2D eigenvalue weighted by Gasteiger charge is 2.20. The van der Waals surface area contributed by atoms with Crippen LogP contribution in [0.4, 0.5) is 23.0 Å². The van der Waals surface area contributed by atoms with E-state index in [9.17, 15) is 9.59 Å². The van der Waals surface area contributed by atoms with Gasteiger partial charge in [-0.3, -0.25) is 9.59 Å². The van der Waals surface area contributed by atoms with Crippen molar-refractivity contribution in [3.63, 3.8) is 0 Å². The molecule has 3 aromatic rings.